The van der Waals surface area contributed by atoms with Crippen LogP contribution in [0.2, 0.25) is 0 Å². The summed E-state index contributed by atoms with van der Waals surface area (Å²) in [6.45, 7) is 0. The highest BCUT2D eigenvalue weighted by Gasteiger charge is 2.23. The third kappa shape index (κ3) is 5.56. The van der Waals surface area contributed by atoms with Gasteiger partial charge in [-0.3, -0.25) is 29.1 Å². The lowest BCUT2D eigenvalue weighted by molar-refractivity contribution is 1.08. The van der Waals surface area contributed by atoms with Gasteiger partial charge < -0.3 is 0 Å². The number of hydrogen-bond donors (Lipinski definition) is 0. The van der Waals surface area contributed by atoms with Crippen molar-refractivity contribution in [1.82, 2.24) is 39.0 Å². The molecule has 0 amide bonds. The zero-order valence-electron chi connectivity index (χ0n) is 34.2. The second kappa shape index (κ2) is 14.4. The first kappa shape index (κ1) is 35.8. The van der Waals surface area contributed by atoms with Gasteiger partial charge in [0.1, 0.15) is 11.6 Å². The molecule has 8 aromatic heterocycles. The van der Waals surface area contributed by atoms with Crippen LogP contribution in [-0.2, 0) is 0 Å². The van der Waals surface area contributed by atoms with E-state index in [4.69, 9.17) is 9.97 Å². The average Bonchev–Trinajstić information content (AvgIpc) is 3.89. The van der Waals surface area contributed by atoms with Crippen LogP contribution < -0.4 is 0 Å². The molecular formula is C56H34N8. The third-order valence-corrected chi connectivity index (χ3v) is 12.5. The summed E-state index contributed by atoms with van der Waals surface area (Å²) in [6.07, 6.45) is 15.0. The Hall–Kier alpha value is -8.88. The van der Waals surface area contributed by atoms with Crippen LogP contribution in [0.5, 0.6) is 0 Å². The lowest BCUT2D eigenvalue weighted by Crippen LogP contribution is -2.02. The first-order valence-electron chi connectivity index (χ1n) is 21.2. The highest BCUT2D eigenvalue weighted by Crippen LogP contribution is 2.45. The van der Waals surface area contributed by atoms with Gasteiger partial charge in [0.15, 0.2) is 0 Å². The van der Waals surface area contributed by atoms with Crippen LogP contribution in [0.3, 0.4) is 0 Å². The summed E-state index contributed by atoms with van der Waals surface area (Å²) >= 11 is 0. The van der Waals surface area contributed by atoms with E-state index in [-0.39, 0.29) is 0 Å². The van der Waals surface area contributed by atoms with Crippen molar-refractivity contribution in [3.8, 4) is 56.4 Å². The molecule has 0 saturated carbocycles. The monoisotopic (exact) mass is 818 g/mol. The zero-order chi connectivity index (χ0) is 42.1. The molecule has 8 nitrogen and oxygen atoms in total. The van der Waals surface area contributed by atoms with E-state index in [0.717, 1.165) is 122 Å². The number of fused-ring (bicyclic) bond motifs is 8. The molecule has 0 aliphatic rings. The van der Waals surface area contributed by atoms with Crippen molar-refractivity contribution < 1.29 is 0 Å². The molecule has 0 aliphatic carbocycles. The normalized spacial score (nSPS) is 11.8. The summed E-state index contributed by atoms with van der Waals surface area (Å²) in [4.78, 5) is 29.0. The van der Waals surface area contributed by atoms with Crippen LogP contribution >= 0.6 is 0 Å². The van der Waals surface area contributed by atoms with Crippen molar-refractivity contribution in [3.63, 3.8) is 0 Å². The van der Waals surface area contributed by atoms with Crippen LogP contribution in [0, 0.1) is 0 Å². The molecule has 0 aliphatic heterocycles. The SMILES string of the molecule is c1ccc2c(-c3cc(-c4ccncc4)cc(-n4c5ccccc5c5cnccc54)n3)c3ccccc3c(-c3cc(-c4ccncc4)cc(-n4c5ccccc5c5cnccc54)n3)c2c1. The Kier molecular flexibility index (Phi) is 8.04. The first-order chi connectivity index (χ1) is 31.8. The van der Waals surface area contributed by atoms with Crippen LogP contribution in [0.1, 0.15) is 0 Å². The highest BCUT2D eigenvalue weighted by molar-refractivity contribution is 6.21. The molecule has 13 rings (SSSR count). The molecule has 5 aromatic carbocycles. The lowest BCUT2D eigenvalue weighted by Gasteiger charge is -2.19. The summed E-state index contributed by atoms with van der Waals surface area (Å²) in [5.74, 6) is 1.63. The zero-order valence-corrected chi connectivity index (χ0v) is 34.2. The average molecular weight is 819 g/mol. The van der Waals surface area contributed by atoms with E-state index in [9.17, 15) is 0 Å². The van der Waals surface area contributed by atoms with E-state index < -0.39 is 0 Å². The van der Waals surface area contributed by atoms with Crippen molar-refractivity contribution in [1.29, 1.82) is 0 Å². The summed E-state index contributed by atoms with van der Waals surface area (Å²) < 4.78 is 4.53. The van der Waals surface area contributed by atoms with E-state index in [1.165, 1.54) is 0 Å². The minimum absolute atomic E-state index is 0.816. The topological polar surface area (TPSA) is 87.2 Å². The summed E-state index contributed by atoms with van der Waals surface area (Å²) in [5, 5.41) is 8.72. The molecule has 0 radical (unpaired) electrons. The fourth-order valence-electron chi connectivity index (χ4n) is 9.74. The highest BCUT2D eigenvalue weighted by atomic mass is 15.1. The molecule has 13 aromatic rings. The largest absolute Gasteiger partial charge is 0.294 e. The van der Waals surface area contributed by atoms with Gasteiger partial charge in [0.2, 0.25) is 0 Å². The standard InChI is InChI=1S/C56H34N8/c1-2-12-42-41(11-1)55(47-29-37(35-17-23-57-24-18-35)31-53(61-47)63-49-15-7-5-9-39(49)45-33-59-27-21-51(45)63)43-13-3-4-14-44(43)56(42)48-30-38(36-19-25-58-26-20-36)32-54(62-48)64-50-16-8-6-10-40(50)46-34-60-28-22-52(46)64/h1-34H. The fraction of sp³-hybridized carbons (Fsp3) is 0. The molecule has 8 heteroatoms. The van der Waals surface area contributed by atoms with Crippen molar-refractivity contribution in [2.75, 3.05) is 0 Å². The summed E-state index contributed by atoms with van der Waals surface area (Å²) in [5.41, 5.74) is 12.2. The maximum atomic E-state index is 5.63. The number of aromatic nitrogens is 8. The van der Waals surface area contributed by atoms with Gasteiger partial charge in [-0.1, -0.05) is 84.9 Å². The smallest absolute Gasteiger partial charge is 0.138 e. The molecule has 298 valence electrons. The van der Waals surface area contributed by atoms with Gasteiger partial charge in [0.25, 0.3) is 0 Å². The maximum absolute atomic E-state index is 5.63. The number of rotatable bonds is 6. The molecule has 0 fully saturated rings. The van der Waals surface area contributed by atoms with E-state index in [0.29, 0.717) is 0 Å². The van der Waals surface area contributed by atoms with Crippen LogP contribution in [0.15, 0.2) is 207 Å². The number of nitrogens with zero attached hydrogens (tertiary/aromatic N) is 8. The molecule has 0 spiro atoms. The Balaban J connectivity index is 1.12. The number of pyridine rings is 6. The predicted octanol–water partition coefficient (Wildman–Crippen LogP) is 13.2. The van der Waals surface area contributed by atoms with E-state index in [1.54, 1.807) is 0 Å². The van der Waals surface area contributed by atoms with Crippen LogP contribution in [-0.4, -0.2) is 39.0 Å². The number of benzene rings is 5. The molecule has 0 N–H and O–H groups in total. The van der Waals surface area contributed by atoms with E-state index >= 15 is 0 Å². The molecular weight excluding hydrogens is 785 g/mol. The maximum Gasteiger partial charge on any atom is 0.138 e. The van der Waals surface area contributed by atoms with Crippen molar-refractivity contribution >= 4 is 65.2 Å². The molecule has 0 bridgehead atoms. The molecule has 64 heavy (non-hydrogen) atoms. The molecule has 0 saturated heterocycles. The summed E-state index contributed by atoms with van der Waals surface area (Å²) in [6, 6.07) is 55.5. The number of hydrogen-bond acceptors (Lipinski definition) is 6. The molecule has 8 heterocycles. The van der Waals surface area contributed by atoms with Crippen molar-refractivity contribution in [3.05, 3.63) is 207 Å². The van der Waals surface area contributed by atoms with Gasteiger partial charge in [-0.2, -0.15) is 0 Å². The number of para-hydroxylation sites is 2. The van der Waals surface area contributed by atoms with Gasteiger partial charge in [0, 0.05) is 82.2 Å². The van der Waals surface area contributed by atoms with Gasteiger partial charge in [-0.15, -0.1) is 0 Å². The minimum atomic E-state index is 0.816. The molecule has 0 unspecified atom stereocenters. The quantitative estimate of drug-likeness (QED) is 0.155. The van der Waals surface area contributed by atoms with Crippen LogP contribution in [0.4, 0.5) is 0 Å². The predicted molar refractivity (Wildman–Crippen MR) is 259 cm³/mol. The van der Waals surface area contributed by atoms with E-state index in [1.807, 2.05) is 49.6 Å². The van der Waals surface area contributed by atoms with E-state index in [2.05, 4.69) is 187 Å². The Bertz CT molecular complexity index is 3540. The third-order valence-electron chi connectivity index (χ3n) is 12.5. The lowest BCUT2D eigenvalue weighted by atomic mass is 9.87. The van der Waals surface area contributed by atoms with Gasteiger partial charge in [0.05, 0.1) is 33.5 Å². The van der Waals surface area contributed by atoms with Crippen molar-refractivity contribution in [2.24, 2.45) is 0 Å². The Morgan fingerprint density at radius 3 is 1.03 bits per heavy atom. The Morgan fingerprint density at radius 1 is 0.281 bits per heavy atom. The van der Waals surface area contributed by atoms with Crippen LogP contribution in [0.25, 0.3) is 122 Å². The second-order valence-electron chi connectivity index (χ2n) is 16.0. The Morgan fingerprint density at radius 2 is 0.625 bits per heavy atom. The first-order valence-corrected chi connectivity index (χ1v) is 21.2. The molecule has 0 atom stereocenters. The van der Waals surface area contributed by atoms with Gasteiger partial charge in [-0.25, -0.2) is 9.97 Å². The Labute approximate surface area is 366 Å². The van der Waals surface area contributed by atoms with Crippen molar-refractivity contribution in [2.45, 2.75) is 0 Å². The fourth-order valence-corrected chi connectivity index (χ4v) is 9.74. The second-order valence-corrected chi connectivity index (χ2v) is 16.0. The van der Waals surface area contributed by atoms with Gasteiger partial charge >= 0.3 is 0 Å². The summed E-state index contributed by atoms with van der Waals surface area (Å²) in [7, 11) is 0. The minimum Gasteiger partial charge on any atom is -0.294 e. The van der Waals surface area contributed by atoms with Gasteiger partial charge in [-0.05, 0) is 117 Å².